The van der Waals surface area contributed by atoms with Crippen molar-refractivity contribution < 1.29 is 35.3 Å². The van der Waals surface area contributed by atoms with Crippen molar-refractivity contribution >= 4 is 11.0 Å². The monoisotopic (exact) mass is 838 g/mol. The topological polar surface area (TPSA) is 50.9 Å². The van der Waals surface area contributed by atoms with Crippen molar-refractivity contribution in [3.8, 4) is 67.5 Å². The second-order valence-corrected chi connectivity index (χ2v) is 17.0. The molecule has 4 heteroatoms. The Balaban J connectivity index is 1.59. The van der Waals surface area contributed by atoms with E-state index in [0.29, 0.717) is 34.0 Å². The minimum atomic E-state index is -4.21. The standard InChI is InChI=1S/C58H61N3O/c1-36(2)38-22-24-39(25-23-38)41-27-28-59-50(33-41)43-30-42(31-44(32-43)56(4,5)6)46-19-16-20-52-53(46)60-55(48-34-45(57(7,8)9)35-49(54(48)62)58(10,11)12)61(52)51-26-21-37(3)29-47(51)40-17-14-13-15-18-40/h13-36,62H,1-12H3/i3D3,7D3,8D3,9D3,10D3,11D3,12D3,36D. The van der Waals surface area contributed by atoms with Crippen molar-refractivity contribution in [1.82, 2.24) is 14.5 Å². The summed E-state index contributed by atoms with van der Waals surface area (Å²) in [4.78, 5) is 9.90. The maximum atomic E-state index is 13.0. The molecule has 0 fully saturated rings. The largest absolute Gasteiger partial charge is 0.507 e. The molecule has 1 N–H and O–H groups in total. The maximum absolute atomic E-state index is 13.0. The lowest BCUT2D eigenvalue weighted by Crippen LogP contribution is -2.17. The molecule has 0 unspecified atom stereocenters. The number of hydrogen-bond donors (Lipinski definition) is 1. The molecule has 0 amide bonds. The zero-order valence-electron chi connectivity index (χ0n) is 57.1. The molecule has 0 spiro atoms. The zero-order valence-corrected chi connectivity index (χ0v) is 35.1. The molecule has 0 bridgehead atoms. The number of para-hydroxylation sites is 1. The summed E-state index contributed by atoms with van der Waals surface area (Å²) in [6.07, 6.45) is 1.67. The number of phenols is 1. The van der Waals surface area contributed by atoms with Crippen LogP contribution >= 0.6 is 0 Å². The van der Waals surface area contributed by atoms with Crippen LogP contribution in [0.4, 0.5) is 0 Å². The molecule has 2 heterocycles. The van der Waals surface area contributed by atoms with E-state index < -0.39 is 98.4 Å². The number of imidazole rings is 1. The lowest BCUT2D eigenvalue weighted by Gasteiger charge is -2.27. The van der Waals surface area contributed by atoms with Crippen LogP contribution in [0.3, 0.4) is 0 Å². The van der Waals surface area contributed by atoms with Crippen LogP contribution in [0.2, 0.25) is 0 Å². The third-order valence-corrected chi connectivity index (χ3v) is 11.2. The van der Waals surface area contributed by atoms with Crippen LogP contribution in [0.25, 0.3) is 72.7 Å². The van der Waals surface area contributed by atoms with Crippen molar-refractivity contribution in [3.63, 3.8) is 0 Å². The molecule has 0 atom stereocenters. The van der Waals surface area contributed by atoms with E-state index in [-0.39, 0.29) is 33.9 Å². The summed E-state index contributed by atoms with van der Waals surface area (Å²) in [6, 6.07) is 35.4. The van der Waals surface area contributed by atoms with Crippen LogP contribution in [0.1, 0.15) is 140 Å². The number of hydrogen-bond acceptors (Lipinski definition) is 3. The fraction of sp³-hybridized carbons (Fsp3) is 0.276. The number of aromatic nitrogens is 3. The summed E-state index contributed by atoms with van der Waals surface area (Å²) in [6.45, 7) is -18.0. The summed E-state index contributed by atoms with van der Waals surface area (Å²) >= 11 is 0. The molecule has 62 heavy (non-hydrogen) atoms. The summed E-state index contributed by atoms with van der Waals surface area (Å²) in [5, 5.41) is 13.0. The van der Waals surface area contributed by atoms with E-state index in [1.165, 1.54) is 22.8 Å². The molecule has 0 aliphatic carbocycles. The normalized spacial score (nSPS) is 19.2. The van der Waals surface area contributed by atoms with Crippen molar-refractivity contribution in [3.05, 3.63) is 167 Å². The maximum Gasteiger partial charge on any atom is 0.149 e. The molecule has 0 saturated heterocycles. The molecular formula is C58H61N3O. The third kappa shape index (κ3) is 8.23. The van der Waals surface area contributed by atoms with Crippen molar-refractivity contribution in [1.29, 1.82) is 0 Å². The van der Waals surface area contributed by atoms with Crippen LogP contribution in [-0.2, 0) is 16.2 Å². The number of phenolic OH excluding ortho intramolecular Hbond substituents is 1. The van der Waals surface area contributed by atoms with Crippen molar-refractivity contribution in [2.24, 2.45) is 0 Å². The first-order valence-electron chi connectivity index (χ1n) is 31.1. The number of aromatic hydroxyl groups is 1. The Morgan fingerprint density at radius 1 is 0.597 bits per heavy atom. The van der Waals surface area contributed by atoms with Gasteiger partial charge in [0.25, 0.3) is 0 Å². The van der Waals surface area contributed by atoms with Crippen LogP contribution in [0, 0.1) is 6.85 Å². The second kappa shape index (κ2) is 15.9. The predicted molar refractivity (Wildman–Crippen MR) is 263 cm³/mol. The van der Waals surface area contributed by atoms with E-state index in [4.69, 9.17) is 40.1 Å². The fourth-order valence-electron chi connectivity index (χ4n) is 7.77. The first-order valence-corrected chi connectivity index (χ1v) is 20.1. The highest BCUT2D eigenvalue weighted by Crippen LogP contribution is 2.46. The Kier molecular flexibility index (Phi) is 5.96. The lowest BCUT2D eigenvalue weighted by atomic mass is 9.79. The molecule has 0 radical (unpaired) electrons. The highest BCUT2D eigenvalue weighted by Gasteiger charge is 2.29. The van der Waals surface area contributed by atoms with Gasteiger partial charge in [0.15, 0.2) is 0 Å². The quantitative estimate of drug-likeness (QED) is 0.174. The van der Waals surface area contributed by atoms with Crippen LogP contribution in [0.15, 0.2) is 140 Å². The number of nitrogens with zero attached hydrogens (tertiary/aromatic N) is 3. The highest BCUT2D eigenvalue weighted by atomic mass is 16.3. The average Bonchev–Trinajstić information content (AvgIpc) is 0.806. The zero-order chi connectivity index (χ0) is 62.7. The molecule has 8 rings (SSSR count). The van der Waals surface area contributed by atoms with E-state index in [2.05, 4.69) is 0 Å². The smallest absolute Gasteiger partial charge is 0.149 e. The van der Waals surface area contributed by atoms with E-state index in [1.54, 1.807) is 68.6 Å². The molecule has 0 aliphatic rings. The summed E-state index contributed by atoms with van der Waals surface area (Å²) in [7, 11) is 0. The molecule has 4 nitrogen and oxygen atoms in total. The average molecular weight is 838 g/mol. The van der Waals surface area contributed by atoms with E-state index in [0.717, 1.165) is 22.3 Å². The van der Waals surface area contributed by atoms with Crippen LogP contribution in [-0.4, -0.2) is 19.6 Å². The van der Waals surface area contributed by atoms with Gasteiger partial charge in [-0.05, 0) is 116 Å². The first-order chi connectivity index (χ1) is 38.3. The molecule has 8 aromatic rings. The van der Waals surface area contributed by atoms with E-state index in [1.807, 2.05) is 75.4 Å². The second-order valence-electron chi connectivity index (χ2n) is 17.0. The van der Waals surface area contributed by atoms with Crippen LogP contribution < -0.4 is 0 Å². The Labute approximate surface area is 400 Å². The molecule has 2 aromatic heterocycles. The van der Waals surface area contributed by atoms with E-state index >= 15 is 0 Å². The molecular weight excluding hydrogens is 755 g/mol. The van der Waals surface area contributed by atoms with Gasteiger partial charge in [0.2, 0.25) is 0 Å². The van der Waals surface area contributed by atoms with Gasteiger partial charge in [0.05, 0.1) is 28.0 Å². The van der Waals surface area contributed by atoms with Gasteiger partial charge < -0.3 is 5.11 Å². The Morgan fingerprint density at radius 3 is 2.02 bits per heavy atom. The van der Waals surface area contributed by atoms with Gasteiger partial charge in [-0.2, -0.15) is 0 Å². The lowest BCUT2D eigenvalue weighted by molar-refractivity contribution is 0.446. The van der Waals surface area contributed by atoms with Crippen molar-refractivity contribution in [2.45, 2.75) is 105 Å². The Hall–Kier alpha value is -6.26. The van der Waals surface area contributed by atoms with Gasteiger partial charge in [-0.15, -0.1) is 0 Å². The van der Waals surface area contributed by atoms with Gasteiger partial charge in [0.1, 0.15) is 11.6 Å². The molecule has 0 aliphatic heterocycles. The predicted octanol–water partition coefficient (Wildman–Crippen LogP) is 15.8. The van der Waals surface area contributed by atoms with Gasteiger partial charge in [0, 0.05) is 58.6 Å². The SMILES string of the molecule is [2H]C([2H])([2H])c1ccc(-n2c(-c3cc(C(C([2H])([2H])[2H])(C([2H])([2H])[2H])C([2H])([2H])[2H])cc(C(C([2H])([2H])[2H])(C([2H])([2H])[2H])C([2H])([2H])[2H])c3O)nc3c(-c4cc(-c5cc(-c6ccc(C([2H])(C)C)cc6)ccn5)cc(C(C)(C)C)c4)cccc32)c(-c2ccccc2)c1. The first kappa shape index (κ1) is 23.3. The summed E-state index contributed by atoms with van der Waals surface area (Å²) in [5.74, 6) is -2.83. The van der Waals surface area contributed by atoms with Gasteiger partial charge >= 0.3 is 0 Å². The fourth-order valence-corrected chi connectivity index (χ4v) is 7.77. The summed E-state index contributed by atoms with van der Waals surface area (Å²) < 4.78 is 193. The summed E-state index contributed by atoms with van der Waals surface area (Å²) in [5.41, 5.74) is -6.41. The highest BCUT2D eigenvalue weighted by molar-refractivity contribution is 5.98. The van der Waals surface area contributed by atoms with E-state index in [9.17, 15) is 5.11 Å². The van der Waals surface area contributed by atoms with Gasteiger partial charge in [-0.3, -0.25) is 9.55 Å². The number of aryl methyl sites for hydroxylation is 1. The number of pyridine rings is 1. The molecule has 0 saturated carbocycles. The van der Waals surface area contributed by atoms with Crippen LogP contribution in [0.5, 0.6) is 5.75 Å². The minimum absolute atomic E-state index is 0.0661. The van der Waals surface area contributed by atoms with Gasteiger partial charge in [-0.25, -0.2) is 4.98 Å². The Bertz CT molecular complexity index is 3700. The number of benzene rings is 6. The Morgan fingerprint density at radius 2 is 1.32 bits per heavy atom. The number of fused-ring (bicyclic) bond motifs is 1. The molecule has 314 valence electrons. The van der Waals surface area contributed by atoms with Crippen molar-refractivity contribution in [2.75, 3.05) is 0 Å². The number of rotatable bonds is 7. The minimum Gasteiger partial charge on any atom is -0.507 e. The van der Waals surface area contributed by atoms with Gasteiger partial charge in [-0.1, -0.05) is 166 Å². The third-order valence-electron chi connectivity index (χ3n) is 11.2. The molecule has 6 aromatic carbocycles.